The molecule has 0 atom stereocenters. The summed E-state index contributed by atoms with van der Waals surface area (Å²) in [4.78, 5) is 14.5. The van der Waals surface area contributed by atoms with Crippen LogP contribution in [0.4, 0.5) is 11.4 Å². The topological polar surface area (TPSA) is 37.6 Å². The maximum absolute atomic E-state index is 4.86. The van der Waals surface area contributed by atoms with Gasteiger partial charge in [0, 0.05) is 17.1 Å². The predicted molar refractivity (Wildman–Crippen MR) is 127 cm³/mol. The van der Waals surface area contributed by atoms with Gasteiger partial charge in [0.05, 0.1) is 34.2 Å². The van der Waals surface area contributed by atoms with Crippen molar-refractivity contribution < 1.29 is 17.1 Å². The fraction of sp³-hybridized carbons (Fsp3) is 0.240. The first-order valence-electron chi connectivity index (χ1n) is 9.57. The summed E-state index contributed by atoms with van der Waals surface area (Å²) in [6.07, 6.45) is 0. The first-order chi connectivity index (χ1) is 13.4. The molecule has 0 radical (unpaired) electrons. The van der Waals surface area contributed by atoms with Gasteiger partial charge in [-0.15, -0.1) is 12.4 Å². The number of para-hydroxylation sites is 2. The third-order valence-electron chi connectivity index (χ3n) is 4.93. The molecule has 0 spiro atoms. The van der Waals surface area contributed by atoms with Crippen molar-refractivity contribution in [3.8, 4) is 0 Å². The molecule has 0 saturated carbocycles. The molecule has 0 N–H and O–H groups in total. The van der Waals surface area contributed by atoms with Crippen LogP contribution in [-0.2, 0) is 17.1 Å². The Bertz CT molecular complexity index is 964. The maximum atomic E-state index is 4.86. The molecule has 3 rings (SSSR count). The van der Waals surface area contributed by atoms with E-state index >= 15 is 0 Å². The van der Waals surface area contributed by atoms with E-state index in [-0.39, 0.29) is 29.5 Å². The van der Waals surface area contributed by atoms with Crippen LogP contribution < -0.4 is 0 Å². The third-order valence-corrected chi connectivity index (χ3v) is 4.93. The summed E-state index contributed by atoms with van der Waals surface area (Å²) in [7, 11) is 0. The van der Waals surface area contributed by atoms with Crippen molar-refractivity contribution in [3.05, 3.63) is 88.2 Å². The molecular formula is C25H28ClFeN3. The van der Waals surface area contributed by atoms with Crippen molar-refractivity contribution >= 4 is 35.2 Å². The van der Waals surface area contributed by atoms with Gasteiger partial charge in [-0.2, -0.15) is 0 Å². The summed E-state index contributed by atoms with van der Waals surface area (Å²) >= 11 is 0. The zero-order chi connectivity index (χ0) is 20.3. The number of hydrogen-bond donors (Lipinski definition) is 0. The smallest absolute Gasteiger partial charge is 0.0849 e. The maximum Gasteiger partial charge on any atom is 0.0849 e. The second-order valence-corrected chi connectivity index (χ2v) is 7.28. The Labute approximate surface area is 196 Å². The van der Waals surface area contributed by atoms with Crippen LogP contribution in [0.5, 0.6) is 0 Å². The zero-order valence-corrected chi connectivity index (χ0v) is 20.2. The molecule has 0 bridgehead atoms. The van der Waals surface area contributed by atoms with E-state index in [2.05, 4.69) is 64.1 Å². The van der Waals surface area contributed by atoms with E-state index in [0.717, 1.165) is 34.2 Å². The van der Waals surface area contributed by atoms with Crippen LogP contribution in [0.25, 0.3) is 0 Å². The standard InChI is InChI=1S/C25H27N3.ClH.Fe/c1-16-10-7-11-17(2)24(16)26-20(5)22-14-9-15-23(28-22)21(6)27-25-18(3)12-8-13-19(25)4;;/h7-15H,1-6H3;1H;. The monoisotopic (exact) mass is 461 g/mol. The molecule has 0 aliphatic heterocycles. The summed E-state index contributed by atoms with van der Waals surface area (Å²) in [6, 6.07) is 18.5. The SMILES string of the molecule is CC(=Nc1c(C)cccc1C)c1cccc(C(C)=Nc2c(C)cccc2C)n1.Cl.[Fe]. The molecule has 3 nitrogen and oxygen atoms in total. The normalized spacial score (nSPS) is 11.5. The zero-order valence-electron chi connectivity index (χ0n) is 18.3. The first kappa shape index (κ1) is 25.8. The third kappa shape index (κ3) is 5.88. The van der Waals surface area contributed by atoms with Gasteiger partial charge < -0.3 is 0 Å². The average Bonchev–Trinajstić information content (AvgIpc) is 2.67. The summed E-state index contributed by atoms with van der Waals surface area (Å²) in [5.41, 5.74) is 10.3. The number of aryl methyl sites for hydroxylation is 4. The van der Waals surface area contributed by atoms with E-state index in [9.17, 15) is 0 Å². The number of hydrogen-bond acceptors (Lipinski definition) is 3. The molecule has 0 aliphatic rings. The quantitative estimate of drug-likeness (QED) is 0.304. The van der Waals surface area contributed by atoms with Gasteiger partial charge in [0.15, 0.2) is 0 Å². The van der Waals surface area contributed by atoms with Crippen LogP contribution in [-0.4, -0.2) is 16.4 Å². The Balaban J connectivity index is 0.00000225. The summed E-state index contributed by atoms with van der Waals surface area (Å²) < 4.78 is 0. The van der Waals surface area contributed by atoms with E-state index in [4.69, 9.17) is 15.0 Å². The van der Waals surface area contributed by atoms with Gasteiger partial charge in [-0.05, 0) is 75.9 Å². The van der Waals surface area contributed by atoms with Crippen LogP contribution in [0.2, 0.25) is 0 Å². The molecule has 1 heterocycles. The molecule has 30 heavy (non-hydrogen) atoms. The second-order valence-electron chi connectivity index (χ2n) is 7.28. The largest absolute Gasteiger partial charge is 0.251 e. The molecule has 0 unspecified atom stereocenters. The van der Waals surface area contributed by atoms with E-state index in [1.54, 1.807) is 0 Å². The molecule has 2 aromatic carbocycles. The van der Waals surface area contributed by atoms with Crippen molar-refractivity contribution in [2.45, 2.75) is 41.5 Å². The molecule has 3 aromatic rings. The van der Waals surface area contributed by atoms with Gasteiger partial charge in [-0.25, -0.2) is 4.98 Å². The molecule has 1 aromatic heterocycles. The van der Waals surface area contributed by atoms with Crippen LogP contribution in [0, 0.1) is 27.7 Å². The van der Waals surface area contributed by atoms with Crippen molar-refractivity contribution in [1.82, 2.24) is 4.98 Å². The Morgan fingerprint density at radius 2 is 0.900 bits per heavy atom. The number of rotatable bonds is 4. The van der Waals surface area contributed by atoms with E-state index in [1.807, 2.05) is 32.0 Å². The van der Waals surface area contributed by atoms with E-state index in [1.165, 1.54) is 22.3 Å². The molecule has 0 aliphatic carbocycles. The number of aliphatic imine (C=N–C) groups is 2. The van der Waals surface area contributed by atoms with Gasteiger partial charge in [-0.3, -0.25) is 9.98 Å². The van der Waals surface area contributed by atoms with Crippen molar-refractivity contribution in [2.24, 2.45) is 9.98 Å². The molecule has 5 heteroatoms. The minimum atomic E-state index is 0. The predicted octanol–water partition coefficient (Wildman–Crippen LogP) is 7.02. The second kappa shape index (κ2) is 11.2. The van der Waals surface area contributed by atoms with E-state index in [0.29, 0.717) is 0 Å². The van der Waals surface area contributed by atoms with E-state index < -0.39 is 0 Å². The Morgan fingerprint density at radius 3 is 1.23 bits per heavy atom. The number of nitrogens with zero attached hydrogens (tertiary/aromatic N) is 3. The summed E-state index contributed by atoms with van der Waals surface area (Å²) in [5.74, 6) is 0. The number of pyridine rings is 1. The summed E-state index contributed by atoms with van der Waals surface area (Å²) in [6.45, 7) is 12.4. The van der Waals surface area contributed by atoms with Crippen LogP contribution in [0.15, 0.2) is 64.6 Å². The molecule has 0 saturated heterocycles. The van der Waals surface area contributed by atoms with Gasteiger partial charge in [0.2, 0.25) is 0 Å². The van der Waals surface area contributed by atoms with Crippen LogP contribution >= 0.6 is 12.4 Å². The van der Waals surface area contributed by atoms with Crippen molar-refractivity contribution in [1.29, 1.82) is 0 Å². The molecule has 158 valence electrons. The minimum absolute atomic E-state index is 0. The van der Waals surface area contributed by atoms with Crippen LogP contribution in [0.1, 0.15) is 47.5 Å². The molecule has 0 amide bonds. The Kier molecular flexibility index (Phi) is 9.64. The van der Waals surface area contributed by atoms with Gasteiger partial charge >= 0.3 is 0 Å². The number of aromatic nitrogens is 1. The van der Waals surface area contributed by atoms with Gasteiger partial charge in [0.1, 0.15) is 0 Å². The Hall–Kier alpha value is -2.26. The minimum Gasteiger partial charge on any atom is -0.251 e. The average molecular weight is 462 g/mol. The Morgan fingerprint density at radius 1 is 0.600 bits per heavy atom. The fourth-order valence-electron chi connectivity index (χ4n) is 3.25. The number of benzene rings is 2. The molecular weight excluding hydrogens is 434 g/mol. The fourth-order valence-corrected chi connectivity index (χ4v) is 3.25. The van der Waals surface area contributed by atoms with Crippen LogP contribution in [0.3, 0.4) is 0 Å². The van der Waals surface area contributed by atoms with Gasteiger partial charge in [0.25, 0.3) is 0 Å². The first-order valence-corrected chi connectivity index (χ1v) is 9.57. The van der Waals surface area contributed by atoms with Crippen molar-refractivity contribution in [2.75, 3.05) is 0 Å². The van der Waals surface area contributed by atoms with Gasteiger partial charge in [-0.1, -0.05) is 42.5 Å². The summed E-state index contributed by atoms with van der Waals surface area (Å²) in [5, 5.41) is 0. The molecule has 0 fully saturated rings. The number of halogens is 1. The van der Waals surface area contributed by atoms with Crippen molar-refractivity contribution in [3.63, 3.8) is 0 Å².